The molecule has 1 unspecified atom stereocenters. The number of allylic oxidation sites excluding steroid dienone is 1. The molecule has 1 atom stereocenters. The van der Waals surface area contributed by atoms with Gasteiger partial charge in [0.15, 0.2) is 0 Å². The van der Waals surface area contributed by atoms with Crippen molar-refractivity contribution in [2.24, 2.45) is 5.73 Å². The normalized spacial score (nSPS) is 16.4. The second-order valence-electron chi connectivity index (χ2n) is 7.37. The first-order chi connectivity index (χ1) is 16.0. The van der Waals surface area contributed by atoms with Crippen LogP contribution in [0.4, 0.5) is 18.9 Å². The van der Waals surface area contributed by atoms with Gasteiger partial charge in [-0.2, -0.15) is 18.4 Å². The molecule has 7 nitrogen and oxygen atoms in total. The molecule has 3 N–H and O–H groups in total. The van der Waals surface area contributed by atoms with Crippen molar-refractivity contribution in [3.05, 3.63) is 87.9 Å². The number of nitriles is 1. The number of carbonyl (C=O) groups excluding carboxylic acids is 1. The summed E-state index contributed by atoms with van der Waals surface area (Å²) in [6.45, 7) is 2.91. The minimum atomic E-state index is -4.65. The summed E-state index contributed by atoms with van der Waals surface area (Å²) < 4.78 is 45.1. The van der Waals surface area contributed by atoms with Crippen LogP contribution >= 0.6 is 0 Å². The molecule has 3 rings (SSSR count). The first-order valence-corrected chi connectivity index (χ1v) is 10.1. The number of benzene rings is 2. The molecule has 1 aliphatic heterocycles. The Labute approximate surface area is 193 Å². The fraction of sp³-hybridized carbons (Fsp3) is 0.208. The van der Waals surface area contributed by atoms with Crippen LogP contribution in [0.25, 0.3) is 0 Å². The van der Waals surface area contributed by atoms with Gasteiger partial charge in [-0.05, 0) is 49.7 Å². The van der Waals surface area contributed by atoms with Crippen LogP contribution in [0.1, 0.15) is 36.5 Å². The van der Waals surface area contributed by atoms with E-state index >= 15 is 0 Å². The van der Waals surface area contributed by atoms with Crippen LogP contribution in [-0.4, -0.2) is 23.7 Å². The molecule has 0 spiro atoms. The van der Waals surface area contributed by atoms with E-state index in [4.69, 9.17) is 15.7 Å². The number of hydrogen-bond acceptors (Lipinski definition) is 6. The number of anilines is 1. The van der Waals surface area contributed by atoms with E-state index in [0.29, 0.717) is 11.1 Å². The number of carboxylic acids is 1. The van der Waals surface area contributed by atoms with Gasteiger partial charge < -0.3 is 20.5 Å². The van der Waals surface area contributed by atoms with Gasteiger partial charge in [-0.1, -0.05) is 18.2 Å². The van der Waals surface area contributed by atoms with Crippen molar-refractivity contribution in [3.8, 4) is 6.07 Å². The fourth-order valence-electron chi connectivity index (χ4n) is 3.87. The maximum Gasteiger partial charge on any atom is 0.416 e. The van der Waals surface area contributed by atoms with Gasteiger partial charge in [-0.15, -0.1) is 0 Å². The largest absolute Gasteiger partial charge is 0.478 e. The predicted molar refractivity (Wildman–Crippen MR) is 116 cm³/mol. The summed E-state index contributed by atoms with van der Waals surface area (Å²) in [5, 5.41) is 19.1. The monoisotopic (exact) mass is 471 g/mol. The summed E-state index contributed by atoms with van der Waals surface area (Å²) in [6, 6.07) is 12.0. The third kappa shape index (κ3) is 4.45. The van der Waals surface area contributed by atoms with Gasteiger partial charge in [0.2, 0.25) is 0 Å². The summed E-state index contributed by atoms with van der Waals surface area (Å²) in [4.78, 5) is 26.4. The summed E-state index contributed by atoms with van der Waals surface area (Å²) in [5.41, 5.74) is 5.51. The molecule has 2 aromatic carbocycles. The Balaban J connectivity index is 2.31. The second kappa shape index (κ2) is 9.31. The molecular formula is C24H20F3N3O4. The number of hydrogen-bond donors (Lipinski definition) is 2. The van der Waals surface area contributed by atoms with E-state index < -0.39 is 29.6 Å². The molecule has 0 radical (unpaired) electrons. The molecule has 2 aromatic rings. The zero-order valence-electron chi connectivity index (χ0n) is 18.2. The lowest BCUT2D eigenvalue weighted by Crippen LogP contribution is -2.39. The molecule has 0 aromatic heterocycles. The average molecular weight is 471 g/mol. The zero-order chi connectivity index (χ0) is 25.2. The molecule has 1 heterocycles. The predicted octanol–water partition coefficient (Wildman–Crippen LogP) is 4.27. The van der Waals surface area contributed by atoms with Gasteiger partial charge in [0.1, 0.15) is 5.82 Å². The molecule has 1 aliphatic rings. The van der Waals surface area contributed by atoms with Crippen molar-refractivity contribution in [2.45, 2.75) is 25.9 Å². The molecule has 176 valence electrons. The average Bonchev–Trinajstić information content (AvgIpc) is 2.78. The molecule has 0 bridgehead atoms. The smallest absolute Gasteiger partial charge is 0.416 e. The standard InChI is InChI=1S/C24H20F3N3O4/c1-3-34-23(33)20-19(15-9-7-14(12-28)8-10-15)18(22(31)32)13(2)30(21(20)29)17-6-4-5-16(11-17)24(25,26)27/h4-11,19H,3,29H2,1-2H3,(H,31,32). The number of ether oxygens (including phenoxy) is 1. The number of carbonyl (C=O) groups is 2. The van der Waals surface area contributed by atoms with E-state index in [2.05, 4.69) is 0 Å². The molecule has 0 aliphatic carbocycles. The van der Waals surface area contributed by atoms with E-state index in [-0.39, 0.29) is 35.0 Å². The minimum absolute atomic E-state index is 0.0340. The van der Waals surface area contributed by atoms with Crippen molar-refractivity contribution in [3.63, 3.8) is 0 Å². The molecular weight excluding hydrogens is 451 g/mol. The number of halogens is 3. The van der Waals surface area contributed by atoms with Gasteiger partial charge in [0.25, 0.3) is 0 Å². The first kappa shape index (κ1) is 24.4. The SMILES string of the molecule is CCOC(=O)C1=C(N)N(c2cccc(C(F)(F)F)c2)C(C)=C(C(=O)O)C1c1ccc(C#N)cc1. The third-order valence-corrected chi connectivity index (χ3v) is 5.35. The van der Waals surface area contributed by atoms with E-state index in [0.717, 1.165) is 23.1 Å². The lowest BCUT2D eigenvalue weighted by Gasteiger charge is -2.37. The van der Waals surface area contributed by atoms with Crippen molar-refractivity contribution < 1.29 is 32.6 Å². The van der Waals surface area contributed by atoms with E-state index in [9.17, 15) is 27.9 Å². The van der Waals surface area contributed by atoms with Crippen molar-refractivity contribution >= 4 is 17.6 Å². The topological polar surface area (TPSA) is 117 Å². The van der Waals surface area contributed by atoms with Gasteiger partial charge in [0.05, 0.1) is 40.9 Å². The van der Waals surface area contributed by atoms with Gasteiger partial charge in [-0.25, -0.2) is 9.59 Å². The first-order valence-electron chi connectivity index (χ1n) is 10.1. The Morgan fingerprint density at radius 1 is 1.18 bits per heavy atom. The van der Waals surface area contributed by atoms with Gasteiger partial charge in [-0.3, -0.25) is 0 Å². The summed E-state index contributed by atoms with van der Waals surface area (Å²) in [6.07, 6.45) is -4.65. The van der Waals surface area contributed by atoms with E-state index in [1.807, 2.05) is 6.07 Å². The van der Waals surface area contributed by atoms with Crippen molar-refractivity contribution in [1.29, 1.82) is 5.26 Å². The van der Waals surface area contributed by atoms with E-state index in [1.54, 1.807) is 6.92 Å². The number of aliphatic carboxylic acids is 1. The lowest BCUT2D eigenvalue weighted by molar-refractivity contribution is -0.139. The van der Waals surface area contributed by atoms with Crippen LogP contribution in [-0.2, 0) is 20.5 Å². The Hall–Kier alpha value is -4.26. The molecule has 0 fully saturated rings. The second-order valence-corrected chi connectivity index (χ2v) is 7.37. The molecule has 10 heteroatoms. The van der Waals surface area contributed by atoms with E-state index in [1.165, 1.54) is 37.3 Å². The van der Waals surface area contributed by atoms with Crippen LogP contribution in [0.5, 0.6) is 0 Å². The van der Waals surface area contributed by atoms with Crippen molar-refractivity contribution in [2.75, 3.05) is 11.5 Å². The summed E-state index contributed by atoms with van der Waals surface area (Å²) >= 11 is 0. The highest BCUT2D eigenvalue weighted by Gasteiger charge is 2.41. The highest BCUT2D eigenvalue weighted by molar-refractivity contribution is 6.01. The van der Waals surface area contributed by atoms with Crippen LogP contribution in [0.3, 0.4) is 0 Å². The number of carboxylic acid groups (broad SMARTS) is 1. The number of rotatable bonds is 5. The van der Waals surface area contributed by atoms with Gasteiger partial charge >= 0.3 is 18.1 Å². The van der Waals surface area contributed by atoms with Crippen LogP contribution in [0.2, 0.25) is 0 Å². The summed E-state index contributed by atoms with van der Waals surface area (Å²) in [5.74, 6) is -3.73. The third-order valence-electron chi connectivity index (χ3n) is 5.35. The Kier molecular flexibility index (Phi) is 6.68. The summed E-state index contributed by atoms with van der Waals surface area (Å²) in [7, 11) is 0. The van der Waals surface area contributed by atoms with Crippen LogP contribution in [0.15, 0.2) is 71.2 Å². The zero-order valence-corrected chi connectivity index (χ0v) is 18.2. The van der Waals surface area contributed by atoms with Crippen LogP contribution < -0.4 is 10.6 Å². The lowest BCUT2D eigenvalue weighted by atomic mass is 9.80. The number of nitrogens with zero attached hydrogens (tertiary/aromatic N) is 2. The highest BCUT2D eigenvalue weighted by Crippen LogP contribution is 2.43. The molecule has 0 saturated heterocycles. The quantitative estimate of drug-likeness (QED) is 0.626. The Bertz CT molecular complexity index is 1240. The maximum atomic E-state index is 13.3. The minimum Gasteiger partial charge on any atom is -0.478 e. The van der Waals surface area contributed by atoms with Crippen molar-refractivity contribution in [1.82, 2.24) is 0 Å². The number of alkyl halides is 3. The Morgan fingerprint density at radius 3 is 2.35 bits per heavy atom. The molecule has 0 saturated carbocycles. The Morgan fingerprint density at radius 2 is 1.82 bits per heavy atom. The number of nitrogens with two attached hydrogens (primary N) is 1. The maximum absolute atomic E-state index is 13.3. The van der Waals surface area contributed by atoms with Gasteiger partial charge in [0, 0.05) is 11.4 Å². The number of esters is 1. The molecule has 0 amide bonds. The highest BCUT2D eigenvalue weighted by atomic mass is 19.4. The van der Waals surface area contributed by atoms with Crippen LogP contribution in [0, 0.1) is 11.3 Å². The fourth-order valence-corrected chi connectivity index (χ4v) is 3.87. The molecule has 34 heavy (non-hydrogen) atoms.